The highest BCUT2D eigenvalue weighted by Crippen LogP contribution is 2.09. The molecule has 2 heterocycles. The van der Waals surface area contributed by atoms with Gasteiger partial charge in [-0.2, -0.15) is 0 Å². The summed E-state index contributed by atoms with van der Waals surface area (Å²) in [5.41, 5.74) is 0. The third-order valence-electron chi connectivity index (χ3n) is 2.95. The van der Waals surface area contributed by atoms with Crippen LogP contribution in [0.5, 0.6) is 0 Å². The molecule has 1 saturated heterocycles. The van der Waals surface area contributed by atoms with Gasteiger partial charge >= 0.3 is 5.97 Å². The molecule has 1 unspecified atom stereocenters. The van der Waals surface area contributed by atoms with Crippen LogP contribution in [-0.4, -0.2) is 68.5 Å². The fourth-order valence-corrected chi connectivity index (χ4v) is 2.66. The summed E-state index contributed by atoms with van der Waals surface area (Å²) in [6.07, 6.45) is 0.265. The molecule has 1 aliphatic rings. The van der Waals surface area contributed by atoms with Crippen molar-refractivity contribution in [1.82, 2.24) is 4.90 Å². The highest BCUT2D eigenvalue weighted by molar-refractivity contribution is 7.85. The van der Waals surface area contributed by atoms with E-state index in [0.717, 1.165) is 0 Å². The third kappa shape index (κ3) is 5.46. The van der Waals surface area contributed by atoms with Crippen LogP contribution in [0.3, 0.4) is 0 Å². The Kier molecular flexibility index (Phi) is 5.34. The van der Waals surface area contributed by atoms with Crippen LogP contribution < -0.4 is 0 Å². The maximum atomic E-state index is 11.8. The zero-order chi connectivity index (χ0) is 15.3. The first-order chi connectivity index (χ1) is 9.94. The van der Waals surface area contributed by atoms with Gasteiger partial charge in [-0.05, 0) is 12.1 Å². The van der Waals surface area contributed by atoms with Crippen molar-refractivity contribution in [2.45, 2.75) is 6.10 Å². The largest absolute Gasteiger partial charge is 0.748 e. The van der Waals surface area contributed by atoms with Crippen LogP contribution in [0.25, 0.3) is 0 Å². The number of rotatable bonds is 6. The predicted molar refractivity (Wildman–Crippen MR) is 69.7 cm³/mol. The lowest BCUT2D eigenvalue weighted by Gasteiger charge is -2.30. The van der Waals surface area contributed by atoms with Gasteiger partial charge in [0.2, 0.25) is 5.76 Å². The molecular formula is C12H16NO7S-. The Balaban J connectivity index is 1.99. The summed E-state index contributed by atoms with van der Waals surface area (Å²) in [5.74, 6) is -1.59. The van der Waals surface area contributed by atoms with Crippen molar-refractivity contribution in [2.24, 2.45) is 0 Å². The molecule has 1 atom stereocenters. The molecule has 0 aliphatic carbocycles. The van der Waals surface area contributed by atoms with Crippen LogP contribution in [0, 0.1) is 0 Å². The third-order valence-corrected chi connectivity index (χ3v) is 3.73. The van der Waals surface area contributed by atoms with Gasteiger partial charge in [0.25, 0.3) is 0 Å². The molecule has 0 amide bonds. The molecule has 0 N–H and O–H groups in total. The number of esters is 1. The number of hydrogen-bond acceptors (Lipinski definition) is 8. The summed E-state index contributed by atoms with van der Waals surface area (Å²) < 4.78 is 48.0. The fourth-order valence-electron chi connectivity index (χ4n) is 2.03. The van der Waals surface area contributed by atoms with Gasteiger partial charge < -0.3 is 18.4 Å². The summed E-state index contributed by atoms with van der Waals surface area (Å²) in [5, 5.41) is 0. The van der Waals surface area contributed by atoms with Crippen LogP contribution in [0.4, 0.5) is 0 Å². The number of furan rings is 1. The molecule has 1 aromatic heterocycles. The monoisotopic (exact) mass is 318 g/mol. The Morgan fingerprint density at radius 2 is 2.14 bits per heavy atom. The molecular weight excluding hydrogens is 302 g/mol. The quantitative estimate of drug-likeness (QED) is 0.518. The van der Waals surface area contributed by atoms with Gasteiger partial charge in [-0.3, -0.25) is 4.90 Å². The molecule has 0 saturated carbocycles. The average Bonchev–Trinajstić information content (AvgIpc) is 2.91. The van der Waals surface area contributed by atoms with Crippen LogP contribution in [0.1, 0.15) is 10.6 Å². The summed E-state index contributed by atoms with van der Waals surface area (Å²) >= 11 is 0. The van der Waals surface area contributed by atoms with Gasteiger partial charge in [0, 0.05) is 19.6 Å². The fraction of sp³-hybridized carbons (Fsp3) is 0.583. The summed E-state index contributed by atoms with van der Waals surface area (Å²) in [6.45, 7) is 2.38. The topological polar surface area (TPSA) is 109 Å². The Labute approximate surface area is 122 Å². The number of hydrogen-bond donors (Lipinski definition) is 0. The lowest BCUT2D eigenvalue weighted by Crippen LogP contribution is -2.44. The van der Waals surface area contributed by atoms with Crippen molar-refractivity contribution in [3.05, 3.63) is 24.2 Å². The van der Waals surface area contributed by atoms with Gasteiger partial charge in [0.15, 0.2) is 0 Å². The second-order valence-corrected chi connectivity index (χ2v) is 6.09. The van der Waals surface area contributed by atoms with Crippen molar-refractivity contribution in [1.29, 1.82) is 0 Å². The SMILES string of the molecule is O=C(OC(CN1CCOCC1)CS(=O)(=O)[O-])c1ccco1. The van der Waals surface area contributed by atoms with E-state index in [1.54, 1.807) is 0 Å². The summed E-state index contributed by atoms with van der Waals surface area (Å²) in [7, 11) is -4.50. The molecule has 9 heteroatoms. The molecule has 0 aromatic carbocycles. The van der Waals surface area contributed by atoms with Crippen molar-refractivity contribution < 1.29 is 31.7 Å². The maximum absolute atomic E-state index is 11.8. The first-order valence-corrected chi connectivity index (χ1v) is 8.00. The van der Waals surface area contributed by atoms with Crippen molar-refractivity contribution in [3.8, 4) is 0 Å². The predicted octanol–water partition coefficient (Wildman–Crippen LogP) is -0.318. The average molecular weight is 318 g/mol. The number of morpholine rings is 1. The van der Waals surface area contributed by atoms with E-state index in [1.807, 2.05) is 4.90 Å². The smallest absolute Gasteiger partial charge is 0.374 e. The van der Waals surface area contributed by atoms with E-state index in [9.17, 15) is 17.8 Å². The van der Waals surface area contributed by atoms with E-state index in [1.165, 1.54) is 18.4 Å². The molecule has 1 aliphatic heterocycles. The van der Waals surface area contributed by atoms with Crippen LogP contribution in [0.15, 0.2) is 22.8 Å². The molecule has 2 rings (SSSR count). The molecule has 118 valence electrons. The van der Waals surface area contributed by atoms with Crippen LogP contribution in [-0.2, 0) is 19.6 Å². The van der Waals surface area contributed by atoms with Gasteiger partial charge in [-0.1, -0.05) is 0 Å². The van der Waals surface area contributed by atoms with E-state index in [2.05, 4.69) is 0 Å². The highest BCUT2D eigenvalue weighted by atomic mass is 32.2. The zero-order valence-electron chi connectivity index (χ0n) is 11.3. The van der Waals surface area contributed by atoms with E-state index >= 15 is 0 Å². The minimum Gasteiger partial charge on any atom is -0.748 e. The molecule has 0 spiro atoms. The number of nitrogens with zero attached hydrogens (tertiary/aromatic N) is 1. The number of carbonyl (C=O) groups excluding carboxylic acids is 1. The second-order valence-electron chi connectivity index (χ2n) is 4.64. The lowest BCUT2D eigenvalue weighted by molar-refractivity contribution is -0.000750. The first-order valence-electron chi connectivity index (χ1n) is 6.42. The molecule has 1 fully saturated rings. The summed E-state index contributed by atoms with van der Waals surface area (Å²) in [4.78, 5) is 13.7. The molecule has 1 aromatic rings. The number of ether oxygens (including phenoxy) is 2. The maximum Gasteiger partial charge on any atom is 0.374 e. The lowest BCUT2D eigenvalue weighted by atomic mass is 10.3. The molecule has 8 nitrogen and oxygen atoms in total. The van der Waals surface area contributed by atoms with E-state index in [4.69, 9.17) is 13.9 Å². The van der Waals surface area contributed by atoms with Gasteiger partial charge in [-0.25, -0.2) is 13.2 Å². The Morgan fingerprint density at radius 3 is 2.71 bits per heavy atom. The molecule has 0 radical (unpaired) electrons. The minimum absolute atomic E-state index is 0.0368. The molecule has 0 bridgehead atoms. The van der Waals surface area contributed by atoms with Crippen molar-refractivity contribution in [3.63, 3.8) is 0 Å². The van der Waals surface area contributed by atoms with Gasteiger partial charge in [0.1, 0.15) is 6.10 Å². The van der Waals surface area contributed by atoms with Crippen molar-refractivity contribution >= 4 is 16.1 Å². The van der Waals surface area contributed by atoms with E-state index in [-0.39, 0.29) is 12.3 Å². The normalized spacial score (nSPS) is 18.3. The summed E-state index contributed by atoms with van der Waals surface area (Å²) in [6, 6.07) is 2.91. The first kappa shape index (κ1) is 16.0. The Bertz CT molecular complexity index is 548. The van der Waals surface area contributed by atoms with Crippen LogP contribution >= 0.6 is 0 Å². The standard InChI is InChI=1S/C12H17NO7S/c14-12(11-2-1-5-19-11)20-10(9-21(15,16)17)8-13-3-6-18-7-4-13/h1-2,5,10H,3-4,6-9H2,(H,15,16,17)/p-1. The van der Waals surface area contributed by atoms with Crippen molar-refractivity contribution in [2.75, 3.05) is 38.6 Å². The number of carbonyl (C=O) groups is 1. The van der Waals surface area contributed by atoms with Gasteiger partial charge in [0.05, 0.1) is 35.3 Å². The van der Waals surface area contributed by atoms with E-state index in [0.29, 0.717) is 26.3 Å². The van der Waals surface area contributed by atoms with Gasteiger partial charge in [-0.15, -0.1) is 0 Å². The highest BCUT2D eigenvalue weighted by Gasteiger charge is 2.24. The van der Waals surface area contributed by atoms with Crippen LogP contribution in [0.2, 0.25) is 0 Å². The Morgan fingerprint density at radius 1 is 1.43 bits per heavy atom. The van der Waals surface area contributed by atoms with E-state index < -0.39 is 27.9 Å². The molecule has 21 heavy (non-hydrogen) atoms. The zero-order valence-corrected chi connectivity index (χ0v) is 12.1. The second kappa shape index (κ2) is 7.03. The minimum atomic E-state index is -4.50. The Hall–Kier alpha value is -1.42.